The van der Waals surface area contributed by atoms with Gasteiger partial charge in [-0.3, -0.25) is 0 Å². The first kappa shape index (κ1) is 11.6. The molecule has 1 rings (SSSR count). The van der Waals surface area contributed by atoms with E-state index in [1.54, 1.807) is 0 Å². The molecule has 0 aromatic rings. The lowest BCUT2D eigenvalue weighted by Gasteiger charge is -2.37. The Morgan fingerprint density at radius 3 is 0.923 bits per heavy atom. The van der Waals surface area contributed by atoms with Crippen molar-refractivity contribution < 1.29 is 0 Å². The van der Waals surface area contributed by atoms with Gasteiger partial charge in [-0.15, -0.1) is 0 Å². The average molecular weight is 233 g/mol. The van der Waals surface area contributed by atoms with Crippen molar-refractivity contribution in [3.63, 3.8) is 0 Å². The molecule has 0 aliphatic carbocycles. The predicted octanol–water partition coefficient (Wildman–Crippen LogP) is 2.05. The Balaban J connectivity index is 3.20. The molecular weight excluding hydrogens is 208 g/mol. The lowest BCUT2D eigenvalue weighted by atomic mass is 11.6. The number of nitrogens with zero attached hydrogens (tertiary/aromatic N) is 2. The zero-order valence-corrected chi connectivity index (χ0v) is 13.4. The smallest absolute Gasteiger partial charge is 0.186 e. The van der Waals surface area contributed by atoms with Gasteiger partial charge in [-0.1, -0.05) is 26.2 Å². The molecule has 0 bridgehead atoms. The maximum atomic E-state index is 2.80. The summed E-state index contributed by atoms with van der Waals surface area (Å²) in [5.74, 6) is 0. The van der Waals surface area contributed by atoms with Crippen LogP contribution in [-0.2, 0) is 0 Å². The van der Waals surface area contributed by atoms with E-state index in [0.29, 0.717) is 0 Å². The van der Waals surface area contributed by atoms with Crippen molar-refractivity contribution in [2.24, 2.45) is 0 Å². The Bertz CT molecular complexity index is 203. The summed E-state index contributed by atoms with van der Waals surface area (Å²) in [6.07, 6.45) is 0. The van der Waals surface area contributed by atoms with E-state index in [9.17, 15) is 0 Å². The molecule has 1 aliphatic rings. The highest BCUT2D eigenvalue weighted by atomic mass is 29.3. The van der Waals surface area contributed by atoms with Gasteiger partial charge in [0, 0.05) is 0 Å². The van der Waals surface area contributed by atoms with Crippen molar-refractivity contribution >= 4 is 23.9 Å². The number of hydrogen-bond acceptors (Lipinski definition) is 2. The predicted molar refractivity (Wildman–Crippen MR) is 68.0 cm³/mol. The molecule has 5 heteroatoms. The third-order valence-corrected chi connectivity index (χ3v) is 33.4. The quantitative estimate of drug-likeness (QED) is 0.590. The minimum absolute atomic E-state index is 1.11. The molecular formula is C8H24N2Si3. The van der Waals surface area contributed by atoms with Gasteiger partial charge in [-0.2, -0.15) is 0 Å². The van der Waals surface area contributed by atoms with E-state index in [2.05, 4.69) is 61.8 Å². The van der Waals surface area contributed by atoms with Crippen LogP contribution in [-0.4, -0.2) is 46.5 Å². The molecule has 0 atom stereocenters. The monoisotopic (exact) mass is 232 g/mol. The number of rotatable bonds is 0. The number of hydrogen-bond donors (Lipinski definition) is 0. The summed E-state index contributed by atoms with van der Waals surface area (Å²) in [4.78, 5) is 0. The van der Waals surface area contributed by atoms with Crippen molar-refractivity contribution in [1.82, 2.24) is 8.46 Å². The van der Waals surface area contributed by atoms with E-state index in [0.717, 1.165) is 0 Å². The first-order chi connectivity index (χ1) is 5.56. The van der Waals surface area contributed by atoms with Gasteiger partial charge in [0.25, 0.3) is 0 Å². The van der Waals surface area contributed by atoms with Crippen molar-refractivity contribution in [2.45, 2.75) is 39.3 Å². The molecule has 0 radical (unpaired) electrons. The second-order valence-electron chi connectivity index (χ2n) is 5.73. The van der Waals surface area contributed by atoms with Crippen LogP contribution < -0.4 is 0 Å². The molecule has 13 heavy (non-hydrogen) atoms. The van der Waals surface area contributed by atoms with Crippen LogP contribution in [0.1, 0.15) is 0 Å². The maximum Gasteiger partial charge on any atom is 0.186 e. The molecule has 0 spiro atoms. The molecule has 1 saturated heterocycles. The summed E-state index contributed by atoms with van der Waals surface area (Å²) >= 11 is 0. The van der Waals surface area contributed by atoms with Gasteiger partial charge in [-0.05, 0) is 27.2 Å². The van der Waals surface area contributed by atoms with Crippen LogP contribution in [0, 0.1) is 0 Å². The van der Waals surface area contributed by atoms with E-state index in [1.807, 2.05) is 0 Å². The molecule has 0 unspecified atom stereocenters. The molecule has 0 aromatic heterocycles. The highest BCUT2D eigenvalue weighted by Gasteiger charge is 2.61. The fourth-order valence-electron chi connectivity index (χ4n) is 2.41. The fourth-order valence-corrected chi connectivity index (χ4v) is 31.4. The summed E-state index contributed by atoms with van der Waals surface area (Å²) < 4.78 is 5.60. The van der Waals surface area contributed by atoms with Gasteiger partial charge in [0.1, 0.15) is 15.5 Å². The highest BCUT2D eigenvalue weighted by Crippen LogP contribution is 2.38. The Labute approximate surface area is 86.1 Å². The van der Waals surface area contributed by atoms with E-state index in [4.69, 9.17) is 0 Å². The van der Waals surface area contributed by atoms with Crippen molar-refractivity contribution in [1.29, 1.82) is 0 Å². The molecule has 0 saturated carbocycles. The van der Waals surface area contributed by atoms with Crippen LogP contribution in [0.25, 0.3) is 0 Å². The standard InChI is InChI=1S/C8H24N2Si3/c1-9-11(3,4)10(2)13(7,8)12(9,5)6/h1-8H3. The van der Waals surface area contributed by atoms with Crippen LogP contribution >= 0.6 is 0 Å². The second-order valence-corrected chi connectivity index (χ2v) is 25.9. The minimum Gasteiger partial charge on any atom is -0.338 e. The van der Waals surface area contributed by atoms with Crippen LogP contribution in [0.4, 0.5) is 0 Å². The molecule has 78 valence electrons. The average Bonchev–Trinajstić information content (AvgIpc) is 2.05. The second kappa shape index (κ2) is 2.79. The zero-order chi connectivity index (χ0) is 10.7. The van der Waals surface area contributed by atoms with E-state index in [1.165, 1.54) is 0 Å². The van der Waals surface area contributed by atoms with Gasteiger partial charge < -0.3 is 8.46 Å². The lowest BCUT2D eigenvalue weighted by Crippen LogP contribution is -2.62. The van der Waals surface area contributed by atoms with Crippen LogP contribution in [0.2, 0.25) is 39.3 Å². The molecule has 1 fully saturated rings. The summed E-state index contributed by atoms with van der Waals surface area (Å²) in [6.45, 7) is 15.2. The van der Waals surface area contributed by atoms with E-state index >= 15 is 0 Å². The lowest BCUT2D eigenvalue weighted by molar-refractivity contribution is 0.674. The summed E-state index contributed by atoms with van der Waals surface area (Å²) in [7, 11) is 1.30. The van der Waals surface area contributed by atoms with Gasteiger partial charge in [0.05, 0.1) is 0 Å². The van der Waals surface area contributed by atoms with Crippen molar-refractivity contribution in [3.8, 4) is 0 Å². The van der Waals surface area contributed by atoms with Crippen molar-refractivity contribution in [3.05, 3.63) is 0 Å². The Kier molecular flexibility index (Phi) is 2.50. The third kappa shape index (κ3) is 1.25. The molecule has 1 heterocycles. The molecule has 0 aromatic carbocycles. The summed E-state index contributed by atoms with van der Waals surface area (Å²) in [5, 5.41) is 0. The summed E-state index contributed by atoms with van der Waals surface area (Å²) in [5.41, 5.74) is 0. The molecule has 0 amide bonds. The molecule has 1 aliphatic heterocycles. The van der Waals surface area contributed by atoms with Gasteiger partial charge >= 0.3 is 0 Å². The van der Waals surface area contributed by atoms with Crippen molar-refractivity contribution in [2.75, 3.05) is 14.1 Å². The SMILES string of the molecule is CN1[Si](C)(C)N(C)[Si](C)(C)[Si]1(C)C. The van der Waals surface area contributed by atoms with Gasteiger partial charge in [0.15, 0.2) is 8.40 Å². The third-order valence-electron chi connectivity index (χ3n) is 4.82. The van der Waals surface area contributed by atoms with Gasteiger partial charge in [0.2, 0.25) is 0 Å². The zero-order valence-electron chi connectivity index (χ0n) is 10.4. The van der Waals surface area contributed by atoms with Crippen LogP contribution in [0.3, 0.4) is 0 Å². The first-order valence-corrected chi connectivity index (χ1v) is 14.8. The molecule has 2 nitrogen and oxygen atoms in total. The van der Waals surface area contributed by atoms with Gasteiger partial charge in [-0.25, -0.2) is 0 Å². The summed E-state index contributed by atoms with van der Waals surface area (Å²) in [6, 6.07) is 0. The Morgan fingerprint density at radius 2 is 0.846 bits per heavy atom. The van der Waals surface area contributed by atoms with E-state index < -0.39 is 23.9 Å². The highest BCUT2D eigenvalue weighted by molar-refractivity contribution is 7.44. The topological polar surface area (TPSA) is 6.48 Å². The normalized spacial score (nSPS) is 32.3. The van der Waals surface area contributed by atoms with Crippen LogP contribution in [0.5, 0.6) is 0 Å². The maximum absolute atomic E-state index is 2.80. The van der Waals surface area contributed by atoms with E-state index in [-0.39, 0.29) is 0 Å². The minimum atomic E-state index is -1.23. The van der Waals surface area contributed by atoms with Crippen LogP contribution in [0.15, 0.2) is 0 Å². The molecule has 0 N–H and O–H groups in total. The Hall–Kier alpha value is 0.571. The largest absolute Gasteiger partial charge is 0.338 e. The fraction of sp³-hybridized carbons (Fsp3) is 1.00. The first-order valence-electron chi connectivity index (χ1n) is 5.04. The Morgan fingerprint density at radius 1 is 0.615 bits per heavy atom.